The fourth-order valence-electron chi connectivity index (χ4n) is 2.72. The summed E-state index contributed by atoms with van der Waals surface area (Å²) in [5.74, 6) is -1.46. The fraction of sp³-hybridized carbons (Fsp3) is 0.429. The zero-order chi connectivity index (χ0) is 15.8. The van der Waals surface area contributed by atoms with Crippen molar-refractivity contribution >= 4 is 31.7 Å². The van der Waals surface area contributed by atoms with E-state index in [2.05, 4.69) is 15.9 Å². The van der Waals surface area contributed by atoms with E-state index in [4.69, 9.17) is 4.74 Å². The third kappa shape index (κ3) is 2.58. The lowest BCUT2D eigenvalue weighted by Gasteiger charge is -2.08. The monoisotopic (exact) mass is 371 g/mol. The van der Waals surface area contributed by atoms with Crippen LogP contribution in [-0.2, 0) is 19.4 Å². The molecule has 0 bridgehead atoms. The Morgan fingerprint density at radius 2 is 2.00 bits per heavy atom. The van der Waals surface area contributed by atoms with Crippen molar-refractivity contribution in [2.45, 2.75) is 18.1 Å². The molecule has 0 heterocycles. The van der Waals surface area contributed by atoms with Gasteiger partial charge in [-0.05, 0) is 24.6 Å². The van der Waals surface area contributed by atoms with Crippen LogP contribution in [0, 0.1) is 16.7 Å². The molecular formula is C14H14BrNO4S. The van der Waals surface area contributed by atoms with Crippen molar-refractivity contribution in [3.8, 4) is 6.07 Å². The lowest BCUT2D eigenvalue weighted by atomic mass is 10.0. The van der Waals surface area contributed by atoms with Crippen LogP contribution in [0.15, 0.2) is 28.7 Å². The largest absolute Gasteiger partial charge is 0.465 e. The molecule has 1 aliphatic rings. The summed E-state index contributed by atoms with van der Waals surface area (Å²) in [6.07, 6.45) is 1.04. The Morgan fingerprint density at radius 3 is 2.43 bits per heavy atom. The molecular weight excluding hydrogens is 358 g/mol. The minimum absolute atomic E-state index is 0.103. The second-order valence-corrected chi connectivity index (χ2v) is 8.06. The van der Waals surface area contributed by atoms with E-state index in [1.54, 1.807) is 31.2 Å². The Bertz CT molecular complexity index is 707. The number of nitrogens with zero attached hydrogens (tertiary/aromatic N) is 1. The Kier molecular flexibility index (Phi) is 4.13. The topological polar surface area (TPSA) is 84.2 Å². The highest BCUT2D eigenvalue weighted by atomic mass is 79.9. The van der Waals surface area contributed by atoms with Crippen molar-refractivity contribution in [2.24, 2.45) is 5.41 Å². The van der Waals surface area contributed by atoms with Gasteiger partial charge >= 0.3 is 5.97 Å². The third-order valence-electron chi connectivity index (χ3n) is 3.62. The lowest BCUT2D eigenvalue weighted by Crippen LogP contribution is -2.24. The van der Waals surface area contributed by atoms with Gasteiger partial charge < -0.3 is 4.74 Å². The maximum atomic E-state index is 12.1. The number of rotatable bonds is 4. The normalized spacial score (nSPS) is 27.7. The first-order valence-corrected chi connectivity index (χ1v) is 9.06. The molecule has 21 heavy (non-hydrogen) atoms. The lowest BCUT2D eigenvalue weighted by molar-refractivity contribution is -0.147. The predicted molar refractivity (Wildman–Crippen MR) is 80.2 cm³/mol. The van der Waals surface area contributed by atoms with Crippen LogP contribution in [0.1, 0.15) is 18.4 Å². The van der Waals surface area contributed by atoms with E-state index in [1.165, 1.54) is 0 Å². The van der Waals surface area contributed by atoms with Crippen molar-refractivity contribution < 1.29 is 17.9 Å². The summed E-state index contributed by atoms with van der Waals surface area (Å²) in [5.41, 5.74) is -1.000. The molecule has 1 aliphatic carbocycles. The summed E-state index contributed by atoms with van der Waals surface area (Å²) in [5, 5.41) is 8.39. The van der Waals surface area contributed by atoms with Crippen LogP contribution in [-0.4, -0.2) is 32.5 Å². The highest BCUT2D eigenvalue weighted by Gasteiger charge is 2.76. The zero-order valence-corrected chi connectivity index (χ0v) is 13.9. The Morgan fingerprint density at radius 1 is 1.43 bits per heavy atom. The standard InChI is InChI=1S/C14H14BrNO4S/c1-3-20-13(17)14(8-16)11(12(14)21(2,18)19)9-4-6-10(15)7-5-9/h4-7,11-12H,3H2,1-2H3/t11-,12-,14-/m0/s1. The molecule has 0 unspecified atom stereocenters. The molecule has 2 rings (SSSR count). The minimum Gasteiger partial charge on any atom is -0.465 e. The van der Waals surface area contributed by atoms with Gasteiger partial charge in [-0.2, -0.15) is 5.26 Å². The number of esters is 1. The molecule has 7 heteroatoms. The van der Waals surface area contributed by atoms with Crippen molar-refractivity contribution in [3.05, 3.63) is 34.3 Å². The van der Waals surface area contributed by atoms with Gasteiger partial charge in [0.05, 0.1) is 12.7 Å². The molecule has 0 aliphatic heterocycles. The first-order chi connectivity index (χ1) is 9.79. The quantitative estimate of drug-likeness (QED) is 0.756. The maximum absolute atomic E-state index is 12.1. The van der Waals surface area contributed by atoms with E-state index < -0.39 is 32.4 Å². The van der Waals surface area contributed by atoms with Crippen LogP contribution in [0.3, 0.4) is 0 Å². The van der Waals surface area contributed by atoms with Crippen LogP contribution in [0.25, 0.3) is 0 Å². The second kappa shape index (κ2) is 5.43. The summed E-state index contributed by atoms with van der Waals surface area (Å²) >= 11 is 3.29. The van der Waals surface area contributed by atoms with E-state index in [0.29, 0.717) is 5.56 Å². The highest BCUT2D eigenvalue weighted by molar-refractivity contribution is 9.10. The molecule has 112 valence electrons. The van der Waals surface area contributed by atoms with E-state index >= 15 is 0 Å². The Hall–Kier alpha value is -1.39. The van der Waals surface area contributed by atoms with E-state index in [1.807, 2.05) is 6.07 Å². The van der Waals surface area contributed by atoms with Gasteiger partial charge in [-0.25, -0.2) is 8.42 Å². The van der Waals surface area contributed by atoms with Crippen LogP contribution >= 0.6 is 15.9 Å². The number of sulfone groups is 1. The first-order valence-electron chi connectivity index (χ1n) is 6.31. The van der Waals surface area contributed by atoms with Crippen LogP contribution in [0.4, 0.5) is 0 Å². The van der Waals surface area contributed by atoms with Gasteiger partial charge in [0.15, 0.2) is 15.3 Å². The van der Waals surface area contributed by atoms with E-state index in [0.717, 1.165) is 10.7 Å². The molecule has 0 radical (unpaired) electrons. The predicted octanol–water partition coefficient (Wildman–Crippen LogP) is 2.03. The van der Waals surface area contributed by atoms with Crippen molar-refractivity contribution in [3.63, 3.8) is 0 Å². The number of benzene rings is 1. The maximum Gasteiger partial charge on any atom is 0.328 e. The molecule has 0 saturated heterocycles. The first kappa shape index (κ1) is 16.0. The minimum atomic E-state index is -3.56. The van der Waals surface area contributed by atoms with Crippen molar-refractivity contribution in [2.75, 3.05) is 12.9 Å². The molecule has 0 aromatic heterocycles. The number of nitriles is 1. The number of hydrogen-bond donors (Lipinski definition) is 0. The average Bonchev–Trinajstić information content (AvgIpc) is 3.10. The molecule has 1 saturated carbocycles. The van der Waals surface area contributed by atoms with Gasteiger partial charge in [0.1, 0.15) is 5.25 Å². The van der Waals surface area contributed by atoms with E-state index in [-0.39, 0.29) is 6.61 Å². The molecule has 3 atom stereocenters. The van der Waals surface area contributed by atoms with Crippen LogP contribution in [0.2, 0.25) is 0 Å². The van der Waals surface area contributed by atoms with Gasteiger partial charge in [-0.3, -0.25) is 4.79 Å². The molecule has 1 fully saturated rings. The smallest absolute Gasteiger partial charge is 0.328 e. The Balaban J connectivity index is 2.50. The number of carbonyl (C=O) groups excluding carboxylic acids is 1. The van der Waals surface area contributed by atoms with Crippen molar-refractivity contribution in [1.82, 2.24) is 0 Å². The molecule has 1 aromatic rings. The molecule has 0 spiro atoms. The SMILES string of the molecule is CCOC(=O)[C@@]1(C#N)[C@@H](c2ccc(Br)cc2)[C@@H]1S(C)(=O)=O. The fourth-order valence-corrected chi connectivity index (χ4v) is 4.74. The zero-order valence-electron chi connectivity index (χ0n) is 11.5. The van der Waals surface area contributed by atoms with Gasteiger partial charge in [-0.1, -0.05) is 28.1 Å². The summed E-state index contributed by atoms with van der Waals surface area (Å²) in [4.78, 5) is 12.1. The third-order valence-corrected chi connectivity index (χ3v) is 5.72. The highest BCUT2D eigenvalue weighted by Crippen LogP contribution is 2.63. The van der Waals surface area contributed by atoms with Gasteiger partial charge in [0, 0.05) is 16.6 Å². The number of ether oxygens (including phenoxy) is 1. The van der Waals surface area contributed by atoms with Gasteiger partial charge in [-0.15, -0.1) is 0 Å². The molecule has 0 amide bonds. The molecule has 1 aromatic carbocycles. The Labute approximate surface area is 132 Å². The van der Waals surface area contributed by atoms with Gasteiger partial charge in [0.25, 0.3) is 0 Å². The van der Waals surface area contributed by atoms with Crippen LogP contribution in [0.5, 0.6) is 0 Å². The van der Waals surface area contributed by atoms with Crippen LogP contribution < -0.4 is 0 Å². The summed E-state index contributed by atoms with van der Waals surface area (Å²) in [7, 11) is -3.56. The number of halogens is 1. The summed E-state index contributed by atoms with van der Waals surface area (Å²) < 4.78 is 29.7. The summed E-state index contributed by atoms with van der Waals surface area (Å²) in [6.45, 7) is 1.72. The van der Waals surface area contributed by atoms with Gasteiger partial charge in [0.2, 0.25) is 0 Å². The second-order valence-electron chi connectivity index (χ2n) is 4.98. The average molecular weight is 372 g/mol. The van der Waals surface area contributed by atoms with Crippen molar-refractivity contribution in [1.29, 1.82) is 5.26 Å². The molecule has 5 nitrogen and oxygen atoms in total. The molecule has 0 N–H and O–H groups in total. The number of carbonyl (C=O) groups is 1. The summed E-state index contributed by atoms with van der Waals surface area (Å²) in [6, 6.07) is 8.82. The number of hydrogen-bond acceptors (Lipinski definition) is 5. The van der Waals surface area contributed by atoms with E-state index in [9.17, 15) is 18.5 Å².